The van der Waals surface area contributed by atoms with Gasteiger partial charge in [0, 0.05) is 18.2 Å². The van der Waals surface area contributed by atoms with Crippen molar-refractivity contribution in [3.05, 3.63) is 65.7 Å². The minimum atomic E-state index is -0.809. The van der Waals surface area contributed by atoms with E-state index in [1.165, 1.54) is 11.3 Å². The van der Waals surface area contributed by atoms with Crippen molar-refractivity contribution in [1.29, 1.82) is 0 Å². The molecular weight excluding hydrogens is 286 g/mol. The van der Waals surface area contributed by atoms with Crippen molar-refractivity contribution in [3.63, 3.8) is 0 Å². The van der Waals surface area contributed by atoms with Crippen LogP contribution in [0.5, 0.6) is 0 Å². The molecule has 0 saturated heterocycles. The molecule has 3 rings (SSSR count). The summed E-state index contributed by atoms with van der Waals surface area (Å²) in [6, 6.07) is 18.2. The molecule has 0 spiro atoms. The molecule has 0 aromatic heterocycles. The second kappa shape index (κ2) is 6.73. The van der Waals surface area contributed by atoms with E-state index in [1.54, 1.807) is 0 Å². The van der Waals surface area contributed by atoms with E-state index in [0.717, 1.165) is 12.1 Å². The molecule has 0 amide bonds. The van der Waals surface area contributed by atoms with Gasteiger partial charge in [-0.1, -0.05) is 62.4 Å². The lowest BCUT2D eigenvalue weighted by molar-refractivity contribution is 0.0713. The zero-order chi connectivity index (χ0) is 16.4. The van der Waals surface area contributed by atoms with Crippen LogP contribution in [0.2, 0.25) is 0 Å². The summed E-state index contributed by atoms with van der Waals surface area (Å²) in [5, 5.41) is 20.1. The normalized spacial score (nSPS) is 19.7. The topological polar surface area (TPSA) is 43.7 Å². The number of hydrogen-bond acceptors (Lipinski definition) is 3. The van der Waals surface area contributed by atoms with E-state index in [4.69, 9.17) is 0 Å². The Morgan fingerprint density at radius 2 is 1.70 bits per heavy atom. The van der Waals surface area contributed by atoms with Gasteiger partial charge in [0.2, 0.25) is 0 Å². The van der Waals surface area contributed by atoms with Crippen LogP contribution in [0.4, 0.5) is 5.69 Å². The summed E-state index contributed by atoms with van der Waals surface area (Å²) in [7, 11) is 0. The molecule has 23 heavy (non-hydrogen) atoms. The Kier molecular flexibility index (Phi) is 4.69. The third kappa shape index (κ3) is 2.99. The van der Waals surface area contributed by atoms with Crippen molar-refractivity contribution in [3.8, 4) is 0 Å². The molecule has 2 aromatic carbocycles. The van der Waals surface area contributed by atoms with E-state index < -0.39 is 6.10 Å². The van der Waals surface area contributed by atoms with E-state index in [2.05, 4.69) is 36.9 Å². The van der Waals surface area contributed by atoms with E-state index in [1.807, 2.05) is 36.4 Å². The van der Waals surface area contributed by atoms with Crippen LogP contribution in [0.3, 0.4) is 0 Å². The lowest BCUT2D eigenvalue weighted by Crippen LogP contribution is -2.38. The van der Waals surface area contributed by atoms with Gasteiger partial charge in [0.25, 0.3) is 0 Å². The third-order valence-electron chi connectivity index (χ3n) is 4.87. The first-order chi connectivity index (χ1) is 11.1. The Balaban J connectivity index is 2.04. The molecule has 122 valence electrons. The van der Waals surface area contributed by atoms with Gasteiger partial charge in [0.15, 0.2) is 0 Å². The van der Waals surface area contributed by atoms with E-state index in [9.17, 15) is 10.2 Å². The summed E-state index contributed by atoms with van der Waals surface area (Å²) in [6.07, 6.45) is -0.809. The highest BCUT2D eigenvalue weighted by Crippen LogP contribution is 2.44. The van der Waals surface area contributed by atoms with Crippen molar-refractivity contribution in [2.24, 2.45) is 5.92 Å². The van der Waals surface area contributed by atoms with E-state index in [-0.39, 0.29) is 12.6 Å². The number of nitrogens with zero attached hydrogens (tertiary/aromatic N) is 1. The SMILES string of the molecule is CC(C)C1CN([C@@H](c2ccccc2)[C@H](O)CO)c2ccccc21. The minimum absolute atomic E-state index is 0.230. The fraction of sp³-hybridized carbons (Fsp3) is 0.400. The summed E-state index contributed by atoms with van der Waals surface area (Å²) in [5.74, 6) is 0.979. The predicted octanol–water partition coefficient (Wildman–Crippen LogP) is 3.34. The third-order valence-corrected chi connectivity index (χ3v) is 4.87. The highest BCUT2D eigenvalue weighted by Gasteiger charge is 2.37. The van der Waals surface area contributed by atoms with Gasteiger partial charge in [-0.3, -0.25) is 0 Å². The molecule has 1 unspecified atom stereocenters. The molecule has 0 fully saturated rings. The smallest absolute Gasteiger partial charge is 0.101 e. The molecule has 3 nitrogen and oxygen atoms in total. The molecule has 3 heteroatoms. The van der Waals surface area contributed by atoms with Crippen LogP contribution < -0.4 is 4.90 Å². The quantitative estimate of drug-likeness (QED) is 0.890. The number of hydrogen-bond donors (Lipinski definition) is 2. The molecule has 0 saturated carbocycles. The lowest BCUT2D eigenvalue weighted by Gasteiger charge is -2.34. The molecule has 0 radical (unpaired) electrons. The number of benzene rings is 2. The molecule has 0 aliphatic carbocycles. The molecule has 1 aliphatic rings. The number of aliphatic hydroxyl groups is 2. The van der Waals surface area contributed by atoms with Gasteiger partial charge in [0.1, 0.15) is 6.10 Å². The first kappa shape index (κ1) is 16.0. The largest absolute Gasteiger partial charge is 0.394 e. The fourth-order valence-electron chi connectivity index (χ4n) is 3.66. The van der Waals surface area contributed by atoms with Crippen LogP contribution in [-0.4, -0.2) is 29.5 Å². The van der Waals surface area contributed by atoms with Crippen LogP contribution in [0.15, 0.2) is 54.6 Å². The molecule has 3 atom stereocenters. The Labute approximate surface area is 138 Å². The van der Waals surface area contributed by atoms with Gasteiger partial charge in [-0.15, -0.1) is 0 Å². The Morgan fingerprint density at radius 3 is 2.35 bits per heavy atom. The second-order valence-electron chi connectivity index (χ2n) is 6.67. The lowest BCUT2D eigenvalue weighted by atomic mass is 9.90. The Morgan fingerprint density at radius 1 is 1.04 bits per heavy atom. The summed E-state index contributed by atoms with van der Waals surface area (Å²) < 4.78 is 0. The average Bonchev–Trinajstić information content (AvgIpc) is 2.96. The molecule has 1 heterocycles. The summed E-state index contributed by atoms with van der Waals surface area (Å²) in [5.41, 5.74) is 3.55. The average molecular weight is 311 g/mol. The van der Waals surface area contributed by atoms with Gasteiger partial charge in [-0.25, -0.2) is 0 Å². The molecular formula is C20H25NO2. The van der Waals surface area contributed by atoms with Crippen molar-refractivity contribution in [2.75, 3.05) is 18.1 Å². The second-order valence-corrected chi connectivity index (χ2v) is 6.67. The number of fused-ring (bicyclic) bond motifs is 1. The highest BCUT2D eigenvalue weighted by atomic mass is 16.3. The minimum Gasteiger partial charge on any atom is -0.394 e. The molecule has 1 aliphatic heterocycles. The molecule has 2 N–H and O–H groups in total. The van der Waals surface area contributed by atoms with Gasteiger partial charge < -0.3 is 15.1 Å². The van der Waals surface area contributed by atoms with Crippen molar-refractivity contribution in [2.45, 2.75) is 31.9 Å². The maximum absolute atomic E-state index is 10.5. The van der Waals surface area contributed by atoms with Gasteiger partial charge >= 0.3 is 0 Å². The Bertz CT molecular complexity index is 641. The fourth-order valence-corrected chi connectivity index (χ4v) is 3.66. The maximum Gasteiger partial charge on any atom is 0.101 e. The number of para-hydroxylation sites is 1. The maximum atomic E-state index is 10.5. The van der Waals surface area contributed by atoms with Crippen molar-refractivity contribution < 1.29 is 10.2 Å². The number of anilines is 1. The van der Waals surface area contributed by atoms with Crippen LogP contribution in [0, 0.1) is 5.92 Å². The number of rotatable bonds is 5. The van der Waals surface area contributed by atoms with E-state index in [0.29, 0.717) is 11.8 Å². The summed E-state index contributed by atoms with van der Waals surface area (Å²) >= 11 is 0. The summed E-state index contributed by atoms with van der Waals surface area (Å²) in [6.45, 7) is 5.11. The number of aliphatic hydroxyl groups excluding tert-OH is 2. The van der Waals surface area contributed by atoms with E-state index >= 15 is 0 Å². The standard InChI is InChI=1S/C20H25NO2/c1-14(2)17-12-21(18-11-7-6-10-16(17)18)20(19(23)13-22)15-8-4-3-5-9-15/h3-11,14,17,19-20,22-23H,12-13H2,1-2H3/t17?,19-,20+/m1/s1. The van der Waals surface area contributed by atoms with Crippen molar-refractivity contribution in [1.82, 2.24) is 0 Å². The molecule has 0 bridgehead atoms. The first-order valence-electron chi connectivity index (χ1n) is 8.33. The zero-order valence-corrected chi connectivity index (χ0v) is 13.8. The summed E-state index contributed by atoms with van der Waals surface area (Å²) in [4.78, 5) is 2.26. The zero-order valence-electron chi connectivity index (χ0n) is 13.8. The van der Waals surface area contributed by atoms with Crippen LogP contribution in [0.1, 0.15) is 36.9 Å². The highest BCUT2D eigenvalue weighted by molar-refractivity contribution is 5.62. The first-order valence-corrected chi connectivity index (χ1v) is 8.33. The van der Waals surface area contributed by atoms with Crippen LogP contribution in [-0.2, 0) is 0 Å². The van der Waals surface area contributed by atoms with Crippen LogP contribution in [0.25, 0.3) is 0 Å². The molecule has 2 aromatic rings. The monoisotopic (exact) mass is 311 g/mol. The van der Waals surface area contributed by atoms with Gasteiger partial charge in [-0.05, 0) is 23.1 Å². The van der Waals surface area contributed by atoms with Gasteiger partial charge in [0.05, 0.1) is 12.6 Å². The Hall–Kier alpha value is -1.84. The predicted molar refractivity (Wildman–Crippen MR) is 93.6 cm³/mol. The van der Waals surface area contributed by atoms with Gasteiger partial charge in [-0.2, -0.15) is 0 Å². The van der Waals surface area contributed by atoms with Crippen LogP contribution >= 0.6 is 0 Å². The van der Waals surface area contributed by atoms with Crippen molar-refractivity contribution >= 4 is 5.69 Å².